The largest absolute Gasteiger partial charge is 0.345 e. The summed E-state index contributed by atoms with van der Waals surface area (Å²) in [6.45, 7) is 0.526. The summed E-state index contributed by atoms with van der Waals surface area (Å²) < 4.78 is 29.6. The summed E-state index contributed by atoms with van der Waals surface area (Å²) in [5.74, 6) is -1.78. The van der Waals surface area contributed by atoms with Gasteiger partial charge in [-0.05, 0) is 36.4 Å². The minimum absolute atomic E-state index is 0.148. The second-order valence-corrected chi connectivity index (χ2v) is 8.21. The lowest BCUT2D eigenvalue weighted by Crippen LogP contribution is -2.00. The number of aromatic nitrogens is 4. The van der Waals surface area contributed by atoms with Gasteiger partial charge in [-0.1, -0.05) is 41.1 Å². The average Bonchev–Trinajstić information content (AvgIpc) is 3.37. The van der Waals surface area contributed by atoms with Crippen LogP contribution in [-0.4, -0.2) is 19.7 Å². The molecule has 0 fully saturated rings. The van der Waals surface area contributed by atoms with Crippen LogP contribution in [0.1, 0.15) is 5.01 Å². The first-order chi connectivity index (χ1) is 14.6. The van der Waals surface area contributed by atoms with Gasteiger partial charge in [0.2, 0.25) is 0 Å². The Kier molecular flexibility index (Phi) is 4.77. The topological polar surface area (TPSA) is 43.6 Å². The fourth-order valence-electron chi connectivity index (χ4n) is 3.18. The van der Waals surface area contributed by atoms with Gasteiger partial charge in [-0.3, -0.25) is 0 Å². The van der Waals surface area contributed by atoms with Crippen LogP contribution in [0.25, 0.3) is 33.1 Å². The second-order valence-electron chi connectivity index (χ2n) is 6.71. The van der Waals surface area contributed by atoms with E-state index < -0.39 is 11.6 Å². The summed E-state index contributed by atoms with van der Waals surface area (Å²) in [5, 5.41) is 10.9. The number of nitrogens with zero attached hydrogens (tertiary/aromatic N) is 4. The molecule has 0 saturated carbocycles. The van der Waals surface area contributed by atoms with Crippen molar-refractivity contribution in [3.63, 3.8) is 0 Å². The Labute approximate surface area is 179 Å². The lowest BCUT2D eigenvalue weighted by molar-refractivity contribution is 0.511. The summed E-state index contributed by atoms with van der Waals surface area (Å²) in [5.41, 5.74) is 3.06. The molecule has 0 atom stereocenters. The molecular weight excluding hydrogens is 426 g/mol. The molecule has 2 aliphatic rings. The lowest BCUT2D eigenvalue weighted by Gasteiger charge is -2.05. The first-order valence-corrected chi connectivity index (χ1v) is 10.3. The van der Waals surface area contributed by atoms with E-state index in [9.17, 15) is 8.78 Å². The van der Waals surface area contributed by atoms with E-state index in [-0.39, 0.29) is 5.56 Å². The van der Waals surface area contributed by atoms with Crippen LogP contribution < -0.4 is 0 Å². The van der Waals surface area contributed by atoms with E-state index in [1.165, 1.54) is 23.5 Å². The summed E-state index contributed by atoms with van der Waals surface area (Å²) >= 11 is 7.44. The quantitative estimate of drug-likeness (QED) is 0.338. The van der Waals surface area contributed by atoms with E-state index in [4.69, 9.17) is 11.6 Å². The van der Waals surface area contributed by atoms with Crippen molar-refractivity contribution in [2.45, 2.75) is 6.54 Å². The zero-order valence-electron chi connectivity index (χ0n) is 15.4. The Bertz CT molecular complexity index is 1310. The Morgan fingerprint density at radius 2 is 1.77 bits per heavy atom. The zero-order valence-corrected chi connectivity index (χ0v) is 17.0. The third kappa shape index (κ3) is 3.58. The highest BCUT2D eigenvalue weighted by molar-refractivity contribution is 7.14. The molecule has 5 rings (SSSR count). The van der Waals surface area contributed by atoms with E-state index in [1.807, 2.05) is 47.3 Å². The molecule has 0 unspecified atom stereocenters. The third-order valence-corrected chi connectivity index (χ3v) is 5.88. The molecule has 148 valence electrons. The van der Waals surface area contributed by atoms with Gasteiger partial charge in [-0.15, -0.1) is 10.2 Å². The van der Waals surface area contributed by atoms with Gasteiger partial charge in [0.15, 0.2) is 11.6 Å². The summed E-state index contributed by atoms with van der Waals surface area (Å²) in [6, 6.07) is 15.2. The van der Waals surface area contributed by atoms with Crippen LogP contribution in [0.5, 0.6) is 0 Å². The van der Waals surface area contributed by atoms with E-state index in [2.05, 4.69) is 15.2 Å². The Balaban J connectivity index is 1.42. The molecule has 30 heavy (non-hydrogen) atoms. The maximum absolute atomic E-state index is 14.1. The molecule has 0 N–H and O–H groups in total. The second kappa shape index (κ2) is 7.59. The van der Waals surface area contributed by atoms with E-state index in [1.54, 1.807) is 6.07 Å². The molecular formula is C22H13ClF2N4S. The number of halogens is 3. The van der Waals surface area contributed by atoms with Crippen LogP contribution in [0.15, 0.2) is 67.0 Å². The van der Waals surface area contributed by atoms with Gasteiger partial charge in [-0.25, -0.2) is 13.8 Å². The van der Waals surface area contributed by atoms with Crippen molar-refractivity contribution in [3.05, 3.63) is 88.7 Å². The highest BCUT2D eigenvalue weighted by Crippen LogP contribution is 2.31. The van der Waals surface area contributed by atoms with Gasteiger partial charge in [0.25, 0.3) is 0 Å². The van der Waals surface area contributed by atoms with Crippen molar-refractivity contribution in [2.24, 2.45) is 0 Å². The van der Waals surface area contributed by atoms with Crippen LogP contribution in [0.3, 0.4) is 0 Å². The van der Waals surface area contributed by atoms with E-state index >= 15 is 0 Å². The molecule has 8 heteroatoms. The first-order valence-electron chi connectivity index (χ1n) is 9.06. The monoisotopic (exact) mass is 438 g/mol. The van der Waals surface area contributed by atoms with Crippen molar-refractivity contribution in [2.75, 3.05) is 0 Å². The first kappa shape index (κ1) is 18.8. The number of benzene rings is 2. The van der Waals surface area contributed by atoms with E-state index in [0.29, 0.717) is 23.0 Å². The van der Waals surface area contributed by atoms with E-state index in [0.717, 1.165) is 27.2 Å². The van der Waals surface area contributed by atoms with Gasteiger partial charge in [0, 0.05) is 34.1 Å². The smallest absolute Gasteiger partial charge is 0.168 e. The van der Waals surface area contributed by atoms with Crippen molar-refractivity contribution in [3.8, 4) is 33.1 Å². The normalized spacial score (nSPS) is 11.3. The molecule has 2 aliphatic heterocycles. The van der Waals surface area contributed by atoms with Crippen molar-refractivity contribution < 1.29 is 8.78 Å². The van der Waals surface area contributed by atoms with Crippen LogP contribution in [-0.2, 0) is 6.54 Å². The number of hydrogen-bond donors (Lipinski definition) is 0. The molecule has 0 saturated heterocycles. The maximum atomic E-state index is 14.1. The van der Waals surface area contributed by atoms with Crippen molar-refractivity contribution in [1.82, 2.24) is 19.7 Å². The molecule has 0 aliphatic carbocycles. The predicted octanol–water partition coefficient (Wildman–Crippen LogP) is 6.15. The van der Waals surface area contributed by atoms with Gasteiger partial charge in [0.1, 0.15) is 10.0 Å². The van der Waals surface area contributed by atoms with Crippen LogP contribution >= 0.6 is 22.9 Å². The number of fused-ring (bicyclic) bond motifs is 1. The number of pyridine rings is 1. The number of rotatable bonds is 4. The Morgan fingerprint density at radius 1 is 0.933 bits per heavy atom. The van der Waals surface area contributed by atoms with Gasteiger partial charge < -0.3 is 4.57 Å². The molecule has 2 aromatic carbocycles. The maximum Gasteiger partial charge on any atom is 0.168 e. The summed E-state index contributed by atoms with van der Waals surface area (Å²) in [4.78, 5) is 4.48. The summed E-state index contributed by atoms with van der Waals surface area (Å²) in [7, 11) is 0. The van der Waals surface area contributed by atoms with Crippen molar-refractivity contribution in [1.29, 1.82) is 0 Å². The Hall–Kier alpha value is -3.16. The van der Waals surface area contributed by atoms with Gasteiger partial charge in [0.05, 0.1) is 17.9 Å². The number of hydrogen-bond acceptors (Lipinski definition) is 4. The van der Waals surface area contributed by atoms with Crippen molar-refractivity contribution >= 4 is 22.9 Å². The molecule has 0 amide bonds. The highest BCUT2D eigenvalue weighted by Gasteiger charge is 2.16. The van der Waals surface area contributed by atoms with Crippen LogP contribution in [0.4, 0.5) is 8.78 Å². The lowest BCUT2D eigenvalue weighted by atomic mass is 10.1. The molecule has 1 aromatic heterocycles. The average molecular weight is 439 g/mol. The SMILES string of the molecule is Fc1cccc(-c2cc3ccn(Cc4nnc(-c5ccc(Cl)cc5)s4)cc-3n2)c1F. The molecule has 4 nitrogen and oxygen atoms in total. The predicted molar refractivity (Wildman–Crippen MR) is 114 cm³/mol. The minimum atomic E-state index is -0.892. The molecule has 0 spiro atoms. The van der Waals surface area contributed by atoms with Gasteiger partial charge >= 0.3 is 0 Å². The van der Waals surface area contributed by atoms with Crippen LogP contribution in [0.2, 0.25) is 5.02 Å². The molecule has 0 radical (unpaired) electrons. The molecule has 3 heterocycles. The molecule has 3 aromatic rings. The third-order valence-electron chi connectivity index (χ3n) is 4.67. The van der Waals surface area contributed by atoms with Crippen LogP contribution in [0, 0.1) is 11.6 Å². The highest BCUT2D eigenvalue weighted by atomic mass is 35.5. The zero-order chi connectivity index (χ0) is 20.7. The fourth-order valence-corrected chi connectivity index (χ4v) is 4.16. The standard InChI is InChI=1S/C22H13ClF2N4S/c23-15-6-4-13(5-7-15)22-28-27-20(30-22)12-29-9-8-14-10-18(26-19(14)11-29)16-2-1-3-17(24)21(16)25/h1-11H,12H2. The Morgan fingerprint density at radius 3 is 2.60 bits per heavy atom. The fraction of sp³-hybridized carbons (Fsp3) is 0.0455. The summed E-state index contributed by atoms with van der Waals surface area (Å²) in [6.07, 6.45) is 3.76. The van der Waals surface area contributed by atoms with Gasteiger partial charge in [-0.2, -0.15) is 0 Å². The minimum Gasteiger partial charge on any atom is -0.345 e. The molecule has 0 bridgehead atoms.